The quantitative estimate of drug-likeness (QED) is 0.451. The summed E-state index contributed by atoms with van der Waals surface area (Å²) in [7, 11) is 1.38. The number of benzene rings is 1. The van der Waals surface area contributed by atoms with E-state index in [9.17, 15) is 14.9 Å². The van der Waals surface area contributed by atoms with Crippen LogP contribution >= 0.6 is 11.8 Å². The van der Waals surface area contributed by atoms with Gasteiger partial charge in [0, 0.05) is 11.8 Å². The summed E-state index contributed by atoms with van der Waals surface area (Å²) in [6, 6.07) is 8.18. The van der Waals surface area contributed by atoms with E-state index >= 15 is 0 Å². The van der Waals surface area contributed by atoms with Gasteiger partial charge < -0.3 is 10.1 Å². The number of nitro groups is 1. The van der Waals surface area contributed by atoms with Crippen molar-refractivity contribution in [3.63, 3.8) is 0 Å². The van der Waals surface area contributed by atoms with Crippen molar-refractivity contribution in [2.45, 2.75) is 5.75 Å². The number of carbonyl (C=O) groups is 1. The summed E-state index contributed by atoms with van der Waals surface area (Å²) in [4.78, 5) is 30.7. The first-order valence-electron chi connectivity index (χ1n) is 8.07. The molecule has 1 N–H and O–H groups in total. The molecule has 0 bridgehead atoms. The molecule has 3 aromatic rings. The normalized spacial score (nSPS) is 10.5. The van der Waals surface area contributed by atoms with Crippen LogP contribution in [0.15, 0.2) is 49.2 Å². The molecule has 2 aromatic heterocycles. The van der Waals surface area contributed by atoms with Crippen LogP contribution < -0.4 is 10.1 Å². The molecule has 0 atom stereocenters. The molecule has 0 saturated carbocycles. The van der Waals surface area contributed by atoms with Crippen molar-refractivity contribution in [3.8, 4) is 11.6 Å². The van der Waals surface area contributed by atoms with Crippen molar-refractivity contribution in [2.24, 2.45) is 0 Å². The number of amides is 1. The van der Waals surface area contributed by atoms with E-state index in [1.165, 1.54) is 48.5 Å². The lowest BCUT2D eigenvalue weighted by Gasteiger charge is -2.07. The number of anilines is 1. The Bertz CT molecular complexity index is 962. The third-order valence-corrected chi connectivity index (χ3v) is 4.63. The summed E-state index contributed by atoms with van der Waals surface area (Å²) in [6.07, 6.45) is 4.47. The molecular weight excluding hydrogens is 384 g/mol. The molecule has 0 fully saturated rings. The molecule has 0 unspecified atom stereocenters. The molecule has 1 aromatic carbocycles. The summed E-state index contributed by atoms with van der Waals surface area (Å²) >= 11 is 1.35. The zero-order valence-electron chi connectivity index (χ0n) is 14.8. The molecule has 0 radical (unpaired) electrons. The molecule has 0 aliphatic rings. The van der Waals surface area contributed by atoms with Gasteiger partial charge in [0.15, 0.2) is 11.6 Å². The molecule has 0 aliphatic carbocycles. The van der Waals surface area contributed by atoms with Crippen LogP contribution in [0.1, 0.15) is 5.56 Å². The minimum atomic E-state index is -0.490. The number of nitro benzene ring substituents is 1. The fourth-order valence-corrected chi connectivity index (χ4v) is 3.12. The Morgan fingerprint density at radius 3 is 2.86 bits per heavy atom. The molecule has 28 heavy (non-hydrogen) atoms. The third kappa shape index (κ3) is 4.82. The number of nitrogens with zero attached hydrogens (tertiary/aromatic N) is 5. The van der Waals surface area contributed by atoms with Gasteiger partial charge in [0.2, 0.25) is 5.91 Å². The van der Waals surface area contributed by atoms with Crippen LogP contribution in [-0.4, -0.2) is 43.4 Å². The Hall–Kier alpha value is -3.47. The van der Waals surface area contributed by atoms with Crippen molar-refractivity contribution in [1.29, 1.82) is 0 Å². The third-order valence-electron chi connectivity index (χ3n) is 3.63. The number of thioether (sulfide) groups is 1. The number of nitrogens with one attached hydrogen (secondary N) is 1. The van der Waals surface area contributed by atoms with Crippen LogP contribution in [0.4, 0.5) is 11.4 Å². The van der Waals surface area contributed by atoms with Crippen molar-refractivity contribution >= 4 is 29.0 Å². The Balaban J connectivity index is 1.51. The second kappa shape index (κ2) is 8.95. The minimum Gasteiger partial charge on any atom is -0.490 e. The number of rotatable bonds is 8. The van der Waals surface area contributed by atoms with Gasteiger partial charge in [-0.3, -0.25) is 14.9 Å². The van der Waals surface area contributed by atoms with Crippen LogP contribution in [0, 0.1) is 10.1 Å². The maximum Gasteiger partial charge on any atom is 0.311 e. The lowest BCUT2D eigenvalue weighted by molar-refractivity contribution is -0.385. The van der Waals surface area contributed by atoms with Crippen molar-refractivity contribution in [1.82, 2.24) is 19.7 Å². The smallest absolute Gasteiger partial charge is 0.311 e. The van der Waals surface area contributed by atoms with E-state index in [0.29, 0.717) is 17.3 Å². The van der Waals surface area contributed by atoms with E-state index in [0.717, 1.165) is 5.56 Å². The topological polar surface area (TPSA) is 125 Å². The summed E-state index contributed by atoms with van der Waals surface area (Å²) < 4.78 is 6.48. The number of hydrogen-bond donors (Lipinski definition) is 1. The zero-order valence-corrected chi connectivity index (χ0v) is 15.6. The van der Waals surface area contributed by atoms with E-state index < -0.39 is 4.92 Å². The van der Waals surface area contributed by atoms with E-state index in [1.54, 1.807) is 24.3 Å². The fourth-order valence-electron chi connectivity index (χ4n) is 2.35. The van der Waals surface area contributed by atoms with Crippen LogP contribution in [0.25, 0.3) is 5.82 Å². The maximum absolute atomic E-state index is 12.1. The van der Waals surface area contributed by atoms with Gasteiger partial charge in [-0.1, -0.05) is 6.07 Å². The van der Waals surface area contributed by atoms with Gasteiger partial charge in [-0.05, 0) is 23.8 Å². The van der Waals surface area contributed by atoms with E-state index in [4.69, 9.17) is 4.74 Å². The van der Waals surface area contributed by atoms with Gasteiger partial charge in [0.1, 0.15) is 12.7 Å². The first kappa shape index (κ1) is 19.3. The summed E-state index contributed by atoms with van der Waals surface area (Å²) in [6.45, 7) is 0. The lowest BCUT2D eigenvalue weighted by Crippen LogP contribution is -2.14. The number of methoxy groups -OCH3 is 1. The number of carbonyl (C=O) groups excluding carboxylic acids is 1. The highest BCUT2D eigenvalue weighted by Crippen LogP contribution is 2.29. The van der Waals surface area contributed by atoms with Crippen molar-refractivity contribution in [3.05, 3.63) is 64.9 Å². The maximum atomic E-state index is 12.1. The van der Waals surface area contributed by atoms with Crippen molar-refractivity contribution < 1.29 is 14.5 Å². The van der Waals surface area contributed by atoms with Gasteiger partial charge in [0.25, 0.3) is 0 Å². The molecule has 144 valence electrons. The van der Waals surface area contributed by atoms with E-state index in [-0.39, 0.29) is 23.1 Å². The molecule has 0 aliphatic heterocycles. The Morgan fingerprint density at radius 2 is 2.21 bits per heavy atom. The Kier molecular flexibility index (Phi) is 6.17. The minimum absolute atomic E-state index is 0.0939. The zero-order chi connectivity index (χ0) is 19.9. The second-order valence-electron chi connectivity index (χ2n) is 5.55. The van der Waals surface area contributed by atoms with E-state index in [2.05, 4.69) is 20.4 Å². The Labute approximate surface area is 164 Å². The van der Waals surface area contributed by atoms with Crippen molar-refractivity contribution in [2.75, 3.05) is 18.2 Å². The number of hydrogen-bond acceptors (Lipinski definition) is 8. The highest BCUT2D eigenvalue weighted by Gasteiger charge is 2.15. The highest BCUT2D eigenvalue weighted by atomic mass is 32.2. The SMILES string of the molecule is COc1ccc(CSCC(=O)Nc2ccc(-n3cncn3)nc2)cc1[N+](=O)[O-]. The molecule has 11 heteroatoms. The molecular formula is C17H16N6O4S. The van der Waals surface area contributed by atoms with Crippen LogP contribution in [0.5, 0.6) is 5.75 Å². The standard InChI is InChI=1S/C17H16N6O4S/c1-27-15-4-2-12(6-14(15)23(25)26)8-28-9-17(24)21-13-3-5-16(19-7-13)22-11-18-10-20-22/h2-7,10-11H,8-9H2,1H3,(H,21,24). The number of pyridine rings is 1. The number of aromatic nitrogens is 4. The molecule has 1 amide bonds. The van der Waals surface area contributed by atoms with Gasteiger partial charge in [0.05, 0.1) is 29.7 Å². The largest absolute Gasteiger partial charge is 0.490 e. The molecule has 3 rings (SSSR count). The predicted octanol–water partition coefficient (Wildman–Crippen LogP) is 2.45. The average Bonchev–Trinajstić information content (AvgIpc) is 3.23. The molecule has 2 heterocycles. The van der Waals surface area contributed by atoms with E-state index in [1.807, 2.05) is 0 Å². The first-order chi connectivity index (χ1) is 13.6. The summed E-state index contributed by atoms with van der Waals surface area (Å²) in [5.74, 6) is 1.26. The van der Waals surface area contributed by atoms with Crippen LogP contribution in [0.3, 0.4) is 0 Å². The predicted molar refractivity (Wildman–Crippen MR) is 104 cm³/mol. The van der Waals surface area contributed by atoms with Crippen LogP contribution in [0.2, 0.25) is 0 Å². The first-order valence-corrected chi connectivity index (χ1v) is 9.22. The summed E-state index contributed by atoms with van der Waals surface area (Å²) in [5, 5.41) is 17.8. The number of ether oxygens (including phenoxy) is 1. The Morgan fingerprint density at radius 1 is 1.36 bits per heavy atom. The van der Waals surface area contributed by atoms with Gasteiger partial charge in [-0.2, -0.15) is 5.10 Å². The van der Waals surface area contributed by atoms with Crippen LogP contribution in [-0.2, 0) is 10.5 Å². The van der Waals surface area contributed by atoms with Gasteiger partial charge >= 0.3 is 5.69 Å². The molecule has 10 nitrogen and oxygen atoms in total. The van der Waals surface area contributed by atoms with Gasteiger partial charge in [-0.25, -0.2) is 14.6 Å². The highest BCUT2D eigenvalue weighted by molar-refractivity contribution is 7.99. The second-order valence-corrected chi connectivity index (χ2v) is 6.54. The fraction of sp³-hybridized carbons (Fsp3) is 0.176. The molecule has 0 saturated heterocycles. The molecule has 0 spiro atoms. The average molecular weight is 400 g/mol. The summed E-state index contributed by atoms with van der Waals surface area (Å²) in [5.41, 5.74) is 1.21. The monoisotopic (exact) mass is 400 g/mol. The lowest BCUT2D eigenvalue weighted by atomic mass is 10.2. The van der Waals surface area contributed by atoms with Gasteiger partial charge in [-0.15, -0.1) is 11.8 Å².